The summed E-state index contributed by atoms with van der Waals surface area (Å²) in [5, 5.41) is 0. The minimum Gasteiger partial charge on any atom is -0.459 e. The van der Waals surface area contributed by atoms with E-state index in [0.29, 0.717) is 5.56 Å². The van der Waals surface area contributed by atoms with Crippen LogP contribution in [-0.4, -0.2) is 49.2 Å². The van der Waals surface area contributed by atoms with Gasteiger partial charge in [-0.1, -0.05) is 17.7 Å². The topological polar surface area (TPSA) is 88.1 Å². The van der Waals surface area contributed by atoms with Crippen molar-refractivity contribution < 1.29 is 37.7 Å². The molecule has 7 nitrogen and oxygen atoms in total. The molecule has 0 saturated carbocycles. The van der Waals surface area contributed by atoms with Crippen molar-refractivity contribution in [3.05, 3.63) is 35.4 Å². The van der Waals surface area contributed by atoms with Crippen LogP contribution in [0.15, 0.2) is 24.3 Å². The van der Waals surface area contributed by atoms with Crippen LogP contribution < -0.4 is 0 Å². The van der Waals surface area contributed by atoms with E-state index in [4.69, 9.17) is 18.9 Å². The van der Waals surface area contributed by atoms with Gasteiger partial charge < -0.3 is 18.9 Å². The van der Waals surface area contributed by atoms with E-state index in [1.54, 1.807) is 24.3 Å². The predicted molar refractivity (Wildman–Crippen MR) is 82.3 cm³/mol. The number of rotatable bonds is 5. The van der Waals surface area contributed by atoms with Gasteiger partial charge in [0.2, 0.25) is 6.29 Å². The molecule has 1 saturated heterocycles. The van der Waals surface area contributed by atoms with Crippen molar-refractivity contribution in [2.24, 2.45) is 0 Å². The molecule has 1 heterocycles. The Morgan fingerprint density at radius 2 is 1.68 bits per heavy atom. The lowest BCUT2D eigenvalue weighted by molar-refractivity contribution is -0.195. The number of alkyl halides is 1. The molecule has 0 N–H and O–H groups in total. The van der Waals surface area contributed by atoms with Crippen LogP contribution in [0.3, 0.4) is 0 Å². The van der Waals surface area contributed by atoms with Crippen LogP contribution >= 0.6 is 0 Å². The Kier molecular flexibility index (Phi) is 6.08. The summed E-state index contributed by atoms with van der Waals surface area (Å²) in [6.07, 6.45) is -5.83. The number of carbonyl (C=O) groups is 3. The fourth-order valence-corrected chi connectivity index (χ4v) is 2.32. The summed E-state index contributed by atoms with van der Waals surface area (Å²) in [5.74, 6) is -2.10. The maximum atomic E-state index is 14.4. The van der Waals surface area contributed by atoms with Crippen LogP contribution in [0.5, 0.6) is 0 Å². The molecule has 0 radical (unpaired) electrons. The minimum atomic E-state index is -1.81. The molecule has 0 aromatic heterocycles. The van der Waals surface area contributed by atoms with Crippen LogP contribution in [0.1, 0.15) is 29.8 Å². The van der Waals surface area contributed by atoms with Crippen molar-refractivity contribution in [1.82, 2.24) is 0 Å². The third-order valence-corrected chi connectivity index (χ3v) is 3.50. The van der Waals surface area contributed by atoms with Gasteiger partial charge in [0.1, 0.15) is 12.7 Å². The number of benzene rings is 1. The highest BCUT2D eigenvalue weighted by molar-refractivity contribution is 5.89. The number of hydrogen-bond acceptors (Lipinski definition) is 7. The van der Waals surface area contributed by atoms with Crippen LogP contribution in [0, 0.1) is 6.92 Å². The van der Waals surface area contributed by atoms with E-state index < -0.39 is 49.2 Å². The first kappa shape index (κ1) is 18.9. The number of esters is 3. The van der Waals surface area contributed by atoms with E-state index in [9.17, 15) is 18.8 Å². The van der Waals surface area contributed by atoms with Crippen molar-refractivity contribution in [3.63, 3.8) is 0 Å². The van der Waals surface area contributed by atoms with Gasteiger partial charge in [-0.3, -0.25) is 9.59 Å². The standard InChI is InChI=1S/C17H19FO7/c1-9-4-6-12(7-5-9)16(21)22-8-13-14(18)15(23-10(2)19)17(25-13)24-11(3)20/h4-7,13-15,17H,8H2,1-3H3/t13-,14-,15-,17?/m1/s1. The van der Waals surface area contributed by atoms with Crippen molar-refractivity contribution in [2.45, 2.75) is 45.4 Å². The predicted octanol–water partition coefficient (Wildman–Crippen LogP) is 1.71. The van der Waals surface area contributed by atoms with Crippen molar-refractivity contribution in [3.8, 4) is 0 Å². The van der Waals surface area contributed by atoms with Gasteiger partial charge in [0.05, 0.1) is 5.56 Å². The van der Waals surface area contributed by atoms with Crippen molar-refractivity contribution >= 4 is 17.9 Å². The van der Waals surface area contributed by atoms with E-state index in [1.807, 2.05) is 6.92 Å². The molecule has 2 rings (SSSR count). The summed E-state index contributed by atoms with van der Waals surface area (Å²) in [7, 11) is 0. The average Bonchev–Trinajstić information content (AvgIpc) is 2.81. The molecule has 1 unspecified atom stereocenters. The molecule has 136 valence electrons. The van der Waals surface area contributed by atoms with Crippen LogP contribution in [0.25, 0.3) is 0 Å². The zero-order valence-corrected chi connectivity index (χ0v) is 14.1. The molecule has 0 bridgehead atoms. The number of aryl methyl sites for hydroxylation is 1. The van der Waals surface area contributed by atoms with Crippen LogP contribution in [-0.2, 0) is 28.5 Å². The van der Waals surface area contributed by atoms with Gasteiger partial charge in [-0.05, 0) is 19.1 Å². The van der Waals surface area contributed by atoms with E-state index in [-0.39, 0.29) is 0 Å². The summed E-state index contributed by atoms with van der Waals surface area (Å²) in [6, 6.07) is 6.66. The molecular weight excluding hydrogens is 335 g/mol. The average molecular weight is 354 g/mol. The molecule has 1 aromatic rings. The number of halogens is 1. The molecule has 1 aliphatic rings. The highest BCUT2D eigenvalue weighted by Crippen LogP contribution is 2.28. The van der Waals surface area contributed by atoms with Gasteiger partial charge in [0, 0.05) is 13.8 Å². The quantitative estimate of drug-likeness (QED) is 0.587. The zero-order chi connectivity index (χ0) is 18.6. The lowest BCUT2D eigenvalue weighted by Gasteiger charge is -2.18. The fraction of sp³-hybridized carbons (Fsp3) is 0.471. The van der Waals surface area contributed by atoms with Gasteiger partial charge >= 0.3 is 17.9 Å². The SMILES string of the molecule is CC(=O)OC1O[C@H](COC(=O)c2ccc(C)cc2)[C@@H](F)[C@H]1OC(C)=O. The third kappa shape index (κ3) is 4.99. The Bertz CT molecular complexity index is 643. The van der Waals surface area contributed by atoms with Gasteiger partial charge in [-0.15, -0.1) is 0 Å². The molecule has 1 aromatic carbocycles. The first-order valence-corrected chi connectivity index (χ1v) is 7.65. The van der Waals surface area contributed by atoms with Gasteiger partial charge in [-0.2, -0.15) is 0 Å². The first-order valence-electron chi connectivity index (χ1n) is 7.65. The first-order chi connectivity index (χ1) is 11.8. The van der Waals surface area contributed by atoms with Gasteiger partial charge in [-0.25, -0.2) is 9.18 Å². The molecule has 4 atom stereocenters. The second kappa shape index (κ2) is 8.06. The lowest BCUT2D eigenvalue weighted by atomic mass is 10.1. The van der Waals surface area contributed by atoms with E-state index in [1.165, 1.54) is 0 Å². The highest BCUT2D eigenvalue weighted by atomic mass is 19.1. The maximum Gasteiger partial charge on any atom is 0.338 e. The molecule has 0 amide bonds. The van der Waals surface area contributed by atoms with Crippen LogP contribution in [0.4, 0.5) is 4.39 Å². The second-order valence-corrected chi connectivity index (χ2v) is 5.64. The Labute approximate surface area is 144 Å². The van der Waals surface area contributed by atoms with Crippen LogP contribution in [0.2, 0.25) is 0 Å². The Morgan fingerprint density at radius 3 is 2.24 bits per heavy atom. The number of carbonyl (C=O) groups excluding carboxylic acids is 3. The molecule has 0 spiro atoms. The second-order valence-electron chi connectivity index (χ2n) is 5.64. The minimum absolute atomic E-state index is 0.312. The molecule has 1 fully saturated rings. The molecule has 0 aliphatic carbocycles. The van der Waals surface area contributed by atoms with Gasteiger partial charge in [0.25, 0.3) is 0 Å². The monoisotopic (exact) mass is 354 g/mol. The lowest BCUT2D eigenvalue weighted by Crippen LogP contribution is -2.36. The molecule has 8 heteroatoms. The number of ether oxygens (including phenoxy) is 4. The van der Waals surface area contributed by atoms with Crippen molar-refractivity contribution in [2.75, 3.05) is 6.61 Å². The fourth-order valence-electron chi connectivity index (χ4n) is 2.32. The molecular formula is C17H19FO7. The molecule has 25 heavy (non-hydrogen) atoms. The highest BCUT2D eigenvalue weighted by Gasteiger charge is 2.49. The Morgan fingerprint density at radius 1 is 1.08 bits per heavy atom. The normalized spacial score (nSPS) is 25.3. The Hall–Kier alpha value is -2.48. The summed E-state index contributed by atoms with van der Waals surface area (Å²) in [4.78, 5) is 34.1. The maximum absolute atomic E-state index is 14.4. The van der Waals surface area contributed by atoms with Gasteiger partial charge in [0.15, 0.2) is 12.3 Å². The smallest absolute Gasteiger partial charge is 0.338 e. The summed E-state index contributed by atoms with van der Waals surface area (Å²) >= 11 is 0. The Balaban J connectivity index is 1.98. The summed E-state index contributed by atoms with van der Waals surface area (Å²) in [5.41, 5.74) is 1.29. The van der Waals surface area contributed by atoms with E-state index in [2.05, 4.69) is 0 Å². The largest absolute Gasteiger partial charge is 0.459 e. The third-order valence-electron chi connectivity index (χ3n) is 3.50. The summed E-state index contributed by atoms with van der Waals surface area (Å²) < 4.78 is 34.3. The van der Waals surface area contributed by atoms with E-state index >= 15 is 0 Å². The zero-order valence-electron chi connectivity index (χ0n) is 14.1. The van der Waals surface area contributed by atoms with Crippen molar-refractivity contribution in [1.29, 1.82) is 0 Å². The number of hydrogen-bond donors (Lipinski definition) is 0. The molecule has 1 aliphatic heterocycles. The van der Waals surface area contributed by atoms with E-state index in [0.717, 1.165) is 19.4 Å². The summed E-state index contributed by atoms with van der Waals surface area (Å²) in [6.45, 7) is 3.68.